The molecule has 22 heavy (non-hydrogen) atoms. The summed E-state index contributed by atoms with van der Waals surface area (Å²) in [7, 11) is 0. The Morgan fingerprint density at radius 3 is 2.45 bits per heavy atom. The number of para-hydroxylation sites is 1. The third-order valence-corrected chi connectivity index (χ3v) is 3.46. The highest BCUT2D eigenvalue weighted by molar-refractivity contribution is 6.13. The van der Waals surface area contributed by atoms with Crippen molar-refractivity contribution in [2.45, 2.75) is 39.2 Å². The molecule has 1 aromatic rings. The van der Waals surface area contributed by atoms with Gasteiger partial charge >= 0.3 is 6.09 Å². The second-order valence-electron chi connectivity index (χ2n) is 6.53. The zero-order chi connectivity index (χ0) is 16.2. The van der Waals surface area contributed by atoms with E-state index in [-0.39, 0.29) is 11.8 Å². The van der Waals surface area contributed by atoms with Crippen LogP contribution >= 0.6 is 0 Å². The molecule has 5 heteroatoms. The Balaban J connectivity index is 2.25. The van der Waals surface area contributed by atoms with E-state index in [2.05, 4.69) is 5.32 Å². The number of ether oxygens (including phenoxy) is 1. The van der Waals surface area contributed by atoms with Gasteiger partial charge in [0.05, 0.1) is 11.6 Å². The first-order valence-corrected chi connectivity index (χ1v) is 7.71. The molecule has 0 bridgehead atoms. The molecular weight excluding hydrogens is 280 g/mol. The second kappa shape index (κ2) is 6.92. The van der Waals surface area contributed by atoms with Crippen LogP contribution in [-0.4, -0.2) is 30.7 Å². The highest BCUT2D eigenvalue weighted by Gasteiger charge is 2.33. The van der Waals surface area contributed by atoms with Gasteiger partial charge in [0.1, 0.15) is 5.60 Å². The summed E-state index contributed by atoms with van der Waals surface area (Å²) in [5.74, 6) is -0.394. The molecule has 0 aromatic heterocycles. The zero-order valence-electron chi connectivity index (χ0n) is 13.5. The maximum absolute atomic E-state index is 12.8. The number of carbonyl (C=O) groups excluding carboxylic acids is 2. The van der Waals surface area contributed by atoms with Gasteiger partial charge in [-0.3, -0.25) is 4.79 Å². The summed E-state index contributed by atoms with van der Waals surface area (Å²) < 4.78 is 5.41. The Labute approximate surface area is 131 Å². The molecule has 1 heterocycles. The normalized spacial score (nSPS) is 18.6. The molecule has 1 aromatic carbocycles. The van der Waals surface area contributed by atoms with Gasteiger partial charge in [0.25, 0.3) is 0 Å². The Morgan fingerprint density at radius 1 is 1.23 bits per heavy atom. The smallest absolute Gasteiger partial charge is 0.421 e. The van der Waals surface area contributed by atoms with Crippen LogP contribution in [0, 0.1) is 5.92 Å². The molecule has 2 rings (SSSR count). The molecule has 1 aliphatic heterocycles. The van der Waals surface area contributed by atoms with Crippen LogP contribution in [0.4, 0.5) is 10.5 Å². The predicted molar refractivity (Wildman–Crippen MR) is 85.8 cm³/mol. The van der Waals surface area contributed by atoms with Crippen molar-refractivity contribution in [2.24, 2.45) is 5.92 Å². The first-order chi connectivity index (χ1) is 10.4. The second-order valence-corrected chi connectivity index (χ2v) is 6.53. The molecule has 120 valence electrons. The van der Waals surface area contributed by atoms with Gasteiger partial charge in [0, 0.05) is 6.54 Å². The van der Waals surface area contributed by atoms with Gasteiger partial charge in [0.2, 0.25) is 5.91 Å². The largest absolute Gasteiger partial charge is 0.443 e. The van der Waals surface area contributed by atoms with Crippen LogP contribution in [0.15, 0.2) is 30.3 Å². The summed E-state index contributed by atoms with van der Waals surface area (Å²) in [6, 6.07) is 8.96. The fourth-order valence-electron chi connectivity index (χ4n) is 2.45. The van der Waals surface area contributed by atoms with E-state index in [9.17, 15) is 9.59 Å². The van der Waals surface area contributed by atoms with Gasteiger partial charge in [-0.1, -0.05) is 18.2 Å². The van der Waals surface area contributed by atoms with Crippen molar-refractivity contribution in [3.8, 4) is 0 Å². The minimum Gasteiger partial charge on any atom is -0.443 e. The number of hydrogen-bond acceptors (Lipinski definition) is 4. The lowest BCUT2D eigenvalue weighted by molar-refractivity contribution is -0.122. The molecule has 0 radical (unpaired) electrons. The number of benzene rings is 1. The minimum atomic E-state index is -0.644. The van der Waals surface area contributed by atoms with E-state index < -0.39 is 11.7 Å². The molecule has 1 saturated heterocycles. The first kappa shape index (κ1) is 16.5. The summed E-state index contributed by atoms with van der Waals surface area (Å²) in [5.41, 5.74) is -0.0952. The number of nitrogens with one attached hydrogen (secondary N) is 1. The summed E-state index contributed by atoms with van der Waals surface area (Å²) in [6.07, 6.45) is 1.11. The quantitative estimate of drug-likeness (QED) is 0.912. The maximum atomic E-state index is 12.8. The molecule has 0 saturated carbocycles. The van der Waals surface area contributed by atoms with Crippen LogP contribution < -0.4 is 10.2 Å². The van der Waals surface area contributed by atoms with E-state index in [1.54, 1.807) is 45.0 Å². The van der Waals surface area contributed by atoms with Crippen LogP contribution in [0.2, 0.25) is 0 Å². The van der Waals surface area contributed by atoms with E-state index in [4.69, 9.17) is 4.74 Å². The topological polar surface area (TPSA) is 58.6 Å². The van der Waals surface area contributed by atoms with Crippen molar-refractivity contribution in [1.82, 2.24) is 5.32 Å². The zero-order valence-corrected chi connectivity index (χ0v) is 13.5. The Bertz CT molecular complexity index is 516. The number of hydrogen-bond donors (Lipinski definition) is 1. The first-order valence-electron chi connectivity index (χ1n) is 7.71. The summed E-state index contributed by atoms with van der Waals surface area (Å²) >= 11 is 0. The molecule has 1 aliphatic rings. The van der Waals surface area contributed by atoms with E-state index >= 15 is 0 Å². The van der Waals surface area contributed by atoms with Crippen molar-refractivity contribution >= 4 is 17.7 Å². The molecular formula is C17H24N2O3. The average Bonchev–Trinajstić information content (AvgIpc) is 2.47. The van der Waals surface area contributed by atoms with Crippen LogP contribution in [-0.2, 0) is 9.53 Å². The van der Waals surface area contributed by atoms with Crippen molar-refractivity contribution < 1.29 is 14.3 Å². The summed E-state index contributed by atoms with van der Waals surface area (Å²) in [4.78, 5) is 26.5. The maximum Gasteiger partial charge on any atom is 0.421 e. The standard InChI is InChI=1S/C17H24N2O3/c1-17(2,3)22-16(21)19(14-9-5-4-6-10-14)15(20)13-8-7-11-18-12-13/h4-6,9-10,13,18H,7-8,11-12H2,1-3H3. The van der Waals surface area contributed by atoms with Crippen LogP contribution in [0.25, 0.3) is 0 Å². The number of piperidine rings is 1. The summed E-state index contributed by atoms with van der Waals surface area (Å²) in [6.45, 7) is 6.90. The number of amides is 2. The highest BCUT2D eigenvalue weighted by atomic mass is 16.6. The number of anilines is 1. The Kier molecular flexibility index (Phi) is 5.19. The van der Waals surface area contributed by atoms with E-state index in [1.165, 1.54) is 4.90 Å². The van der Waals surface area contributed by atoms with Crippen molar-refractivity contribution in [3.63, 3.8) is 0 Å². The van der Waals surface area contributed by atoms with Crippen LogP contribution in [0.5, 0.6) is 0 Å². The molecule has 0 aliphatic carbocycles. The van der Waals surface area contributed by atoms with Crippen LogP contribution in [0.1, 0.15) is 33.6 Å². The minimum absolute atomic E-state index is 0.193. The molecule has 1 N–H and O–H groups in total. The Hall–Kier alpha value is -1.88. The van der Waals surface area contributed by atoms with Crippen molar-refractivity contribution in [3.05, 3.63) is 30.3 Å². The third kappa shape index (κ3) is 4.31. The van der Waals surface area contributed by atoms with E-state index in [1.807, 2.05) is 6.07 Å². The molecule has 1 unspecified atom stereocenters. The monoisotopic (exact) mass is 304 g/mol. The fraction of sp³-hybridized carbons (Fsp3) is 0.529. The lowest BCUT2D eigenvalue weighted by Crippen LogP contribution is -2.47. The number of carbonyl (C=O) groups is 2. The van der Waals surface area contributed by atoms with Gasteiger partial charge in [-0.15, -0.1) is 0 Å². The lowest BCUT2D eigenvalue weighted by Gasteiger charge is -2.30. The van der Waals surface area contributed by atoms with Gasteiger partial charge in [-0.05, 0) is 52.3 Å². The number of imide groups is 1. The van der Waals surface area contributed by atoms with Crippen molar-refractivity contribution in [1.29, 1.82) is 0 Å². The third-order valence-electron chi connectivity index (χ3n) is 3.46. The van der Waals surface area contributed by atoms with Crippen LogP contribution in [0.3, 0.4) is 0 Å². The average molecular weight is 304 g/mol. The highest BCUT2D eigenvalue weighted by Crippen LogP contribution is 2.22. The van der Waals surface area contributed by atoms with Crippen molar-refractivity contribution in [2.75, 3.05) is 18.0 Å². The number of nitrogens with zero attached hydrogens (tertiary/aromatic N) is 1. The Morgan fingerprint density at radius 2 is 1.91 bits per heavy atom. The fourth-order valence-corrected chi connectivity index (χ4v) is 2.45. The van der Waals surface area contributed by atoms with E-state index in [0.29, 0.717) is 12.2 Å². The SMILES string of the molecule is CC(C)(C)OC(=O)N(C(=O)C1CCCNC1)c1ccccc1. The molecule has 5 nitrogen and oxygen atoms in total. The molecule has 2 amide bonds. The molecule has 1 atom stereocenters. The molecule has 0 spiro atoms. The predicted octanol–water partition coefficient (Wildman–Crippen LogP) is 2.95. The van der Waals surface area contributed by atoms with Gasteiger partial charge in [0.15, 0.2) is 0 Å². The van der Waals surface area contributed by atoms with Gasteiger partial charge < -0.3 is 10.1 Å². The van der Waals surface area contributed by atoms with Gasteiger partial charge in [-0.2, -0.15) is 0 Å². The summed E-state index contributed by atoms with van der Waals surface area (Å²) in [5, 5.41) is 3.21. The van der Waals surface area contributed by atoms with E-state index in [0.717, 1.165) is 19.4 Å². The molecule has 1 fully saturated rings. The van der Waals surface area contributed by atoms with Gasteiger partial charge in [-0.25, -0.2) is 9.69 Å². The number of rotatable bonds is 2. The lowest BCUT2D eigenvalue weighted by atomic mass is 9.98.